The van der Waals surface area contributed by atoms with Crippen LogP contribution in [-0.2, 0) is 36.5 Å². The Balaban J connectivity index is 0.000000130. The number of benzene rings is 1. The van der Waals surface area contributed by atoms with Crippen LogP contribution in [-0.4, -0.2) is 64.1 Å². The zero-order valence-corrected chi connectivity index (χ0v) is 13.3. The molecule has 1 aromatic rings. The zero-order valence-electron chi connectivity index (χ0n) is 13.3. The van der Waals surface area contributed by atoms with Crippen LogP contribution in [0.4, 0.5) is 0 Å². The highest BCUT2D eigenvalue weighted by molar-refractivity contribution is 5.29. The first-order chi connectivity index (χ1) is 11.4. The zero-order chi connectivity index (χ0) is 15.5. The predicted octanol–water partition coefficient (Wildman–Crippen LogP) is 1.37. The second kappa shape index (κ2) is 7.28. The third-order valence-corrected chi connectivity index (χ3v) is 4.23. The van der Waals surface area contributed by atoms with Gasteiger partial charge in [0.25, 0.3) is 0 Å². The number of rotatable bonds is 8. The first-order valence-corrected chi connectivity index (χ1v) is 8.48. The monoisotopic (exact) mass is 320 g/mol. The molecule has 0 N–H and O–H groups in total. The lowest BCUT2D eigenvalue weighted by molar-refractivity contribution is 0.102. The minimum absolute atomic E-state index is 0.392. The predicted molar refractivity (Wildman–Crippen MR) is 83.6 cm³/mol. The van der Waals surface area contributed by atoms with E-state index in [-0.39, 0.29) is 0 Å². The quantitative estimate of drug-likeness (QED) is 0.677. The summed E-state index contributed by atoms with van der Waals surface area (Å²) in [5, 5.41) is 0. The van der Waals surface area contributed by atoms with Gasteiger partial charge >= 0.3 is 0 Å². The molecule has 5 rings (SSSR count). The maximum absolute atomic E-state index is 5.26. The Morgan fingerprint density at radius 3 is 1.43 bits per heavy atom. The van der Waals surface area contributed by atoms with Crippen molar-refractivity contribution in [2.24, 2.45) is 0 Å². The summed E-state index contributed by atoms with van der Waals surface area (Å²) < 4.78 is 25.6. The van der Waals surface area contributed by atoms with Crippen molar-refractivity contribution in [1.29, 1.82) is 0 Å². The Labute approximate surface area is 136 Å². The van der Waals surface area contributed by atoms with E-state index in [0.29, 0.717) is 24.4 Å². The first-order valence-electron chi connectivity index (χ1n) is 8.48. The minimum Gasteiger partial charge on any atom is -0.376 e. The van der Waals surface area contributed by atoms with Gasteiger partial charge in [-0.1, -0.05) is 24.3 Å². The summed E-state index contributed by atoms with van der Waals surface area (Å²) in [5.41, 5.74) is 2.87. The van der Waals surface area contributed by atoms with Crippen LogP contribution in [0.1, 0.15) is 11.1 Å². The van der Waals surface area contributed by atoms with Crippen molar-refractivity contribution in [1.82, 2.24) is 0 Å². The van der Waals surface area contributed by atoms with Crippen LogP contribution in [0.2, 0.25) is 0 Å². The Morgan fingerprint density at radius 1 is 0.696 bits per heavy atom. The molecular weight excluding hydrogens is 296 g/mol. The summed E-state index contributed by atoms with van der Waals surface area (Å²) in [6, 6.07) is 8.63. The first kappa shape index (κ1) is 15.5. The van der Waals surface area contributed by atoms with Crippen LogP contribution in [0.5, 0.6) is 0 Å². The molecule has 0 amide bonds. The van der Waals surface area contributed by atoms with Gasteiger partial charge in [0, 0.05) is 12.8 Å². The summed E-state index contributed by atoms with van der Waals surface area (Å²) in [5.74, 6) is 0. The van der Waals surface area contributed by atoms with E-state index in [0.717, 1.165) is 52.5 Å². The van der Waals surface area contributed by atoms with E-state index >= 15 is 0 Å². The average Bonchev–Trinajstić information content (AvgIpc) is 3.37. The Hall–Kier alpha value is -0.980. The van der Waals surface area contributed by atoms with Gasteiger partial charge in [0.15, 0.2) is 0 Å². The molecule has 4 fully saturated rings. The standard InChI is InChI=1S/C12H14O2.C6H10O3/c1-2-4-10(6-12-8-14-12)9(3-1)5-11-7-13-11;1(5-3-8-5)7-2-6-4-9-6/h1-4,11-12H,5-8H2;5-6H,1-4H2. The third kappa shape index (κ3) is 5.86. The van der Waals surface area contributed by atoms with Gasteiger partial charge in [-0.2, -0.15) is 0 Å². The largest absolute Gasteiger partial charge is 0.376 e. The van der Waals surface area contributed by atoms with Crippen molar-refractivity contribution in [3.05, 3.63) is 35.4 Å². The van der Waals surface area contributed by atoms with Crippen molar-refractivity contribution in [2.75, 3.05) is 39.6 Å². The maximum Gasteiger partial charge on any atom is 0.104 e. The fraction of sp³-hybridized carbons (Fsp3) is 0.667. The van der Waals surface area contributed by atoms with Gasteiger partial charge in [-0.25, -0.2) is 0 Å². The molecule has 5 nitrogen and oxygen atoms in total. The molecule has 0 spiro atoms. The highest BCUT2D eigenvalue weighted by Crippen LogP contribution is 2.23. The second-order valence-electron chi connectivity index (χ2n) is 6.54. The Bertz CT molecular complexity index is 459. The number of hydrogen-bond acceptors (Lipinski definition) is 5. The molecular formula is C18H24O5. The summed E-state index contributed by atoms with van der Waals surface area (Å²) in [7, 11) is 0. The fourth-order valence-electron chi connectivity index (χ4n) is 2.48. The molecule has 4 unspecified atom stereocenters. The van der Waals surface area contributed by atoms with Crippen LogP contribution in [0, 0.1) is 0 Å². The molecule has 4 aliphatic rings. The molecule has 126 valence electrons. The minimum atomic E-state index is 0.392. The van der Waals surface area contributed by atoms with Crippen LogP contribution in [0.3, 0.4) is 0 Å². The van der Waals surface area contributed by atoms with Crippen molar-refractivity contribution < 1.29 is 23.7 Å². The van der Waals surface area contributed by atoms with Gasteiger partial charge in [0.05, 0.1) is 51.8 Å². The van der Waals surface area contributed by atoms with E-state index in [4.69, 9.17) is 23.7 Å². The molecule has 23 heavy (non-hydrogen) atoms. The topological polar surface area (TPSA) is 59.4 Å². The highest BCUT2D eigenvalue weighted by Gasteiger charge is 2.27. The molecule has 0 radical (unpaired) electrons. The molecule has 0 bridgehead atoms. The summed E-state index contributed by atoms with van der Waals surface area (Å²) in [4.78, 5) is 0. The van der Waals surface area contributed by atoms with Gasteiger partial charge in [-0.05, 0) is 11.1 Å². The molecule has 5 heteroatoms. The van der Waals surface area contributed by atoms with Gasteiger partial charge < -0.3 is 23.7 Å². The number of ether oxygens (including phenoxy) is 5. The smallest absolute Gasteiger partial charge is 0.104 e. The third-order valence-electron chi connectivity index (χ3n) is 4.23. The molecule has 0 aromatic heterocycles. The van der Waals surface area contributed by atoms with E-state index in [1.54, 1.807) is 0 Å². The Morgan fingerprint density at radius 2 is 1.09 bits per heavy atom. The lowest BCUT2D eigenvalue weighted by Crippen LogP contribution is -2.06. The lowest BCUT2D eigenvalue weighted by Gasteiger charge is -2.06. The van der Waals surface area contributed by atoms with Crippen LogP contribution in [0.25, 0.3) is 0 Å². The molecule has 4 saturated heterocycles. The van der Waals surface area contributed by atoms with E-state index in [1.807, 2.05) is 0 Å². The molecule has 0 aliphatic carbocycles. The average molecular weight is 320 g/mol. The Kier molecular flexibility index (Phi) is 4.92. The lowest BCUT2D eigenvalue weighted by atomic mass is 9.99. The van der Waals surface area contributed by atoms with Gasteiger partial charge in [-0.15, -0.1) is 0 Å². The van der Waals surface area contributed by atoms with E-state index in [2.05, 4.69) is 24.3 Å². The van der Waals surface area contributed by atoms with E-state index < -0.39 is 0 Å². The van der Waals surface area contributed by atoms with E-state index in [1.165, 1.54) is 11.1 Å². The van der Waals surface area contributed by atoms with Crippen molar-refractivity contribution in [3.8, 4) is 0 Å². The SMILES string of the molecule is C(OCC1CO1)C1CO1.c1ccc(CC2CO2)c(CC2CO2)c1. The van der Waals surface area contributed by atoms with Crippen LogP contribution in [0.15, 0.2) is 24.3 Å². The highest BCUT2D eigenvalue weighted by atomic mass is 16.6. The summed E-state index contributed by atoms with van der Waals surface area (Å²) in [6.45, 7) is 5.14. The molecule has 4 atom stereocenters. The molecule has 1 aromatic carbocycles. The molecule has 4 heterocycles. The molecule has 4 aliphatic heterocycles. The fourth-order valence-corrected chi connectivity index (χ4v) is 2.48. The van der Waals surface area contributed by atoms with Crippen molar-refractivity contribution in [3.63, 3.8) is 0 Å². The van der Waals surface area contributed by atoms with Gasteiger partial charge in [-0.3, -0.25) is 0 Å². The second-order valence-corrected chi connectivity index (χ2v) is 6.54. The van der Waals surface area contributed by atoms with Crippen LogP contribution >= 0.6 is 0 Å². The van der Waals surface area contributed by atoms with Crippen LogP contribution < -0.4 is 0 Å². The maximum atomic E-state index is 5.26. The van der Waals surface area contributed by atoms with Crippen molar-refractivity contribution in [2.45, 2.75) is 37.3 Å². The molecule has 0 saturated carbocycles. The van der Waals surface area contributed by atoms with Crippen molar-refractivity contribution >= 4 is 0 Å². The number of hydrogen-bond donors (Lipinski definition) is 0. The normalized spacial score (nSPS) is 32.7. The summed E-state index contributed by atoms with van der Waals surface area (Å²) in [6.07, 6.45) is 3.89. The number of epoxide rings is 4. The van der Waals surface area contributed by atoms with Gasteiger partial charge in [0.2, 0.25) is 0 Å². The summed E-state index contributed by atoms with van der Waals surface area (Å²) >= 11 is 0. The van der Waals surface area contributed by atoms with E-state index in [9.17, 15) is 0 Å². The van der Waals surface area contributed by atoms with Gasteiger partial charge in [0.1, 0.15) is 12.2 Å².